The highest BCUT2D eigenvalue weighted by molar-refractivity contribution is 9.10. The van der Waals surface area contributed by atoms with Crippen molar-refractivity contribution in [1.29, 1.82) is 0 Å². The van der Waals surface area contributed by atoms with Crippen LogP contribution < -0.4 is 5.32 Å². The molecule has 0 bridgehead atoms. The quantitative estimate of drug-likeness (QED) is 0.804. The number of nitrogens with one attached hydrogen (secondary N) is 1. The van der Waals surface area contributed by atoms with Crippen LogP contribution in [0.25, 0.3) is 0 Å². The minimum absolute atomic E-state index is 0.784. The zero-order valence-corrected chi connectivity index (χ0v) is 10.9. The summed E-state index contributed by atoms with van der Waals surface area (Å²) in [4.78, 5) is 0. The van der Waals surface area contributed by atoms with Gasteiger partial charge in [-0.15, -0.1) is 0 Å². The molecule has 1 aromatic rings. The highest BCUT2D eigenvalue weighted by atomic mass is 79.9. The summed E-state index contributed by atoms with van der Waals surface area (Å²) >= 11 is 3.49. The fourth-order valence-electron chi connectivity index (χ4n) is 1.34. The smallest absolute Gasteiger partial charge is 0.0590 e. The topological polar surface area (TPSA) is 21.3 Å². The lowest BCUT2D eigenvalue weighted by Crippen LogP contribution is -2.19. The van der Waals surface area contributed by atoms with E-state index in [1.165, 1.54) is 15.6 Å². The van der Waals surface area contributed by atoms with Gasteiger partial charge in [-0.2, -0.15) is 0 Å². The first-order chi connectivity index (χ1) is 7.24. The van der Waals surface area contributed by atoms with Crippen LogP contribution in [0.5, 0.6) is 0 Å². The molecule has 0 atom stereocenters. The standard InChI is InChI=1S/C12H18BrNO/c1-3-15-7-6-14-9-11-4-5-12(13)10(2)8-11/h4-5,8,14H,3,6-7,9H2,1-2H3. The van der Waals surface area contributed by atoms with Crippen LogP contribution >= 0.6 is 15.9 Å². The van der Waals surface area contributed by atoms with E-state index in [-0.39, 0.29) is 0 Å². The molecule has 1 aromatic carbocycles. The van der Waals surface area contributed by atoms with Crippen molar-refractivity contribution in [3.8, 4) is 0 Å². The van der Waals surface area contributed by atoms with Crippen molar-refractivity contribution >= 4 is 15.9 Å². The molecule has 15 heavy (non-hydrogen) atoms. The van der Waals surface area contributed by atoms with Crippen LogP contribution in [0.3, 0.4) is 0 Å². The van der Waals surface area contributed by atoms with Crippen molar-refractivity contribution in [1.82, 2.24) is 5.32 Å². The first kappa shape index (κ1) is 12.7. The molecule has 0 fully saturated rings. The molecule has 84 valence electrons. The van der Waals surface area contributed by atoms with Crippen molar-refractivity contribution in [2.45, 2.75) is 20.4 Å². The number of rotatable bonds is 6. The van der Waals surface area contributed by atoms with Gasteiger partial charge in [-0.3, -0.25) is 0 Å². The van der Waals surface area contributed by atoms with Crippen LogP contribution in [0.4, 0.5) is 0 Å². The fraction of sp³-hybridized carbons (Fsp3) is 0.500. The Balaban J connectivity index is 2.28. The lowest BCUT2D eigenvalue weighted by Gasteiger charge is -2.06. The molecule has 0 saturated carbocycles. The molecule has 0 unspecified atom stereocenters. The Hall–Kier alpha value is -0.380. The third-order valence-corrected chi connectivity index (χ3v) is 3.07. The average Bonchev–Trinajstić information content (AvgIpc) is 2.23. The van der Waals surface area contributed by atoms with Crippen molar-refractivity contribution in [3.63, 3.8) is 0 Å². The molecule has 1 rings (SSSR count). The average molecular weight is 272 g/mol. The number of ether oxygens (including phenoxy) is 1. The van der Waals surface area contributed by atoms with Crippen molar-refractivity contribution in [2.75, 3.05) is 19.8 Å². The summed E-state index contributed by atoms with van der Waals surface area (Å²) in [5.74, 6) is 0. The van der Waals surface area contributed by atoms with Crippen molar-refractivity contribution < 1.29 is 4.74 Å². The molecular formula is C12H18BrNO. The molecular weight excluding hydrogens is 254 g/mol. The molecule has 0 saturated heterocycles. The Morgan fingerprint density at radius 2 is 2.20 bits per heavy atom. The van der Waals surface area contributed by atoms with Crippen molar-refractivity contribution in [2.24, 2.45) is 0 Å². The minimum atomic E-state index is 0.784. The predicted octanol–water partition coefficient (Wildman–Crippen LogP) is 2.88. The Labute approximate surface area is 100 Å². The molecule has 0 aliphatic rings. The summed E-state index contributed by atoms with van der Waals surface area (Å²) < 4.78 is 6.41. The van der Waals surface area contributed by atoms with Gasteiger partial charge in [0.1, 0.15) is 0 Å². The van der Waals surface area contributed by atoms with Gasteiger partial charge in [-0.05, 0) is 31.0 Å². The van der Waals surface area contributed by atoms with Crippen LogP contribution in [-0.2, 0) is 11.3 Å². The van der Waals surface area contributed by atoms with Crippen molar-refractivity contribution in [3.05, 3.63) is 33.8 Å². The van der Waals surface area contributed by atoms with Gasteiger partial charge >= 0.3 is 0 Å². The molecule has 3 heteroatoms. The predicted molar refractivity (Wildman–Crippen MR) is 67.1 cm³/mol. The molecule has 0 aliphatic heterocycles. The van der Waals surface area contributed by atoms with Gasteiger partial charge in [0.05, 0.1) is 6.61 Å². The van der Waals surface area contributed by atoms with Crippen LogP contribution in [0.1, 0.15) is 18.1 Å². The summed E-state index contributed by atoms with van der Waals surface area (Å²) in [6.07, 6.45) is 0. The second-order valence-corrected chi connectivity index (χ2v) is 4.31. The van der Waals surface area contributed by atoms with Crippen LogP contribution in [-0.4, -0.2) is 19.8 Å². The van der Waals surface area contributed by atoms with Gasteiger partial charge in [-0.25, -0.2) is 0 Å². The highest BCUT2D eigenvalue weighted by Crippen LogP contribution is 2.16. The Morgan fingerprint density at radius 1 is 1.40 bits per heavy atom. The number of halogens is 1. The van der Waals surface area contributed by atoms with E-state index < -0.39 is 0 Å². The van der Waals surface area contributed by atoms with Crippen LogP contribution in [0.15, 0.2) is 22.7 Å². The molecule has 0 spiro atoms. The van der Waals surface area contributed by atoms with Gasteiger partial charge in [-0.1, -0.05) is 28.1 Å². The minimum Gasteiger partial charge on any atom is -0.380 e. The number of hydrogen-bond donors (Lipinski definition) is 1. The van der Waals surface area contributed by atoms with E-state index in [9.17, 15) is 0 Å². The molecule has 0 amide bonds. The van der Waals surface area contributed by atoms with E-state index in [0.717, 1.165) is 26.3 Å². The summed E-state index contributed by atoms with van der Waals surface area (Å²) in [5.41, 5.74) is 2.59. The van der Waals surface area contributed by atoms with E-state index in [1.807, 2.05) is 6.92 Å². The number of benzene rings is 1. The monoisotopic (exact) mass is 271 g/mol. The van der Waals surface area contributed by atoms with E-state index >= 15 is 0 Å². The van der Waals surface area contributed by atoms with E-state index in [4.69, 9.17) is 4.74 Å². The number of hydrogen-bond acceptors (Lipinski definition) is 2. The van der Waals surface area contributed by atoms with E-state index in [1.54, 1.807) is 0 Å². The molecule has 0 aromatic heterocycles. The SMILES string of the molecule is CCOCCNCc1ccc(Br)c(C)c1. The summed E-state index contributed by atoms with van der Waals surface area (Å²) in [6, 6.07) is 6.41. The van der Waals surface area contributed by atoms with E-state index in [2.05, 4.69) is 46.4 Å². The maximum Gasteiger partial charge on any atom is 0.0590 e. The highest BCUT2D eigenvalue weighted by Gasteiger charge is 1.96. The molecule has 1 N–H and O–H groups in total. The maximum absolute atomic E-state index is 5.24. The Bertz CT molecular complexity index is 302. The molecule has 0 radical (unpaired) electrons. The maximum atomic E-state index is 5.24. The third kappa shape index (κ3) is 4.78. The lowest BCUT2D eigenvalue weighted by atomic mass is 10.1. The van der Waals surface area contributed by atoms with Gasteiger partial charge in [0, 0.05) is 24.2 Å². The summed E-state index contributed by atoms with van der Waals surface area (Å²) in [5, 5.41) is 3.34. The van der Waals surface area contributed by atoms with Crippen LogP contribution in [0, 0.1) is 6.92 Å². The van der Waals surface area contributed by atoms with E-state index in [0.29, 0.717) is 0 Å². The zero-order chi connectivity index (χ0) is 11.1. The second kappa shape index (κ2) is 6.99. The zero-order valence-electron chi connectivity index (χ0n) is 9.35. The normalized spacial score (nSPS) is 10.6. The fourth-order valence-corrected chi connectivity index (χ4v) is 1.58. The molecule has 2 nitrogen and oxygen atoms in total. The third-order valence-electron chi connectivity index (χ3n) is 2.18. The molecule has 0 heterocycles. The first-order valence-electron chi connectivity index (χ1n) is 5.27. The second-order valence-electron chi connectivity index (χ2n) is 3.46. The van der Waals surface area contributed by atoms with Gasteiger partial charge < -0.3 is 10.1 Å². The summed E-state index contributed by atoms with van der Waals surface area (Å²) in [7, 11) is 0. The Morgan fingerprint density at radius 3 is 2.87 bits per heavy atom. The van der Waals surface area contributed by atoms with Gasteiger partial charge in [0.15, 0.2) is 0 Å². The summed E-state index contributed by atoms with van der Waals surface area (Å²) in [6.45, 7) is 7.50. The Kier molecular flexibility index (Phi) is 5.91. The van der Waals surface area contributed by atoms with Crippen LogP contribution in [0.2, 0.25) is 0 Å². The van der Waals surface area contributed by atoms with Gasteiger partial charge in [0.2, 0.25) is 0 Å². The first-order valence-corrected chi connectivity index (χ1v) is 6.07. The van der Waals surface area contributed by atoms with Gasteiger partial charge in [0.25, 0.3) is 0 Å². The largest absolute Gasteiger partial charge is 0.380 e. The number of aryl methyl sites for hydroxylation is 1. The lowest BCUT2D eigenvalue weighted by molar-refractivity contribution is 0.149. The molecule has 0 aliphatic carbocycles.